The maximum Gasteiger partial charge on any atom is 0.357 e. The Hall–Kier alpha value is -3.34. The zero-order chi connectivity index (χ0) is 22.7. The largest absolute Gasteiger partial charge is 0.461 e. The van der Waals surface area contributed by atoms with Crippen LogP contribution >= 0.6 is 11.3 Å². The van der Waals surface area contributed by atoms with Gasteiger partial charge in [0.1, 0.15) is 0 Å². The number of sulfonamides is 1. The first-order valence-electron chi connectivity index (χ1n) is 9.74. The molecule has 0 spiro atoms. The van der Waals surface area contributed by atoms with Crippen molar-refractivity contribution in [3.63, 3.8) is 0 Å². The smallest absolute Gasteiger partial charge is 0.357 e. The summed E-state index contributed by atoms with van der Waals surface area (Å²) in [5.74, 6) is -0.472. The molecule has 10 heteroatoms. The third kappa shape index (κ3) is 4.77. The summed E-state index contributed by atoms with van der Waals surface area (Å²) in [6.45, 7) is 2.02. The lowest BCUT2D eigenvalue weighted by atomic mass is 10.0. The number of primary sulfonamides is 1. The van der Waals surface area contributed by atoms with Crippen LogP contribution in [0.15, 0.2) is 71.1 Å². The molecule has 0 aliphatic carbocycles. The van der Waals surface area contributed by atoms with E-state index in [4.69, 9.17) is 15.0 Å². The monoisotopic (exact) mass is 468 g/mol. The predicted octanol–water partition coefficient (Wildman–Crippen LogP) is 3.41. The van der Waals surface area contributed by atoms with Crippen molar-refractivity contribution in [2.45, 2.75) is 18.2 Å². The molecule has 32 heavy (non-hydrogen) atoms. The molecule has 4 aromatic rings. The first-order valence-corrected chi connectivity index (χ1v) is 12.2. The van der Waals surface area contributed by atoms with Crippen LogP contribution in [0.2, 0.25) is 0 Å². The van der Waals surface area contributed by atoms with Gasteiger partial charge in [0, 0.05) is 29.1 Å². The van der Waals surface area contributed by atoms with Crippen LogP contribution in [0, 0.1) is 0 Å². The lowest BCUT2D eigenvalue weighted by Crippen LogP contribution is -2.11. The van der Waals surface area contributed by atoms with E-state index in [1.807, 2.05) is 36.5 Å². The van der Waals surface area contributed by atoms with Gasteiger partial charge in [-0.2, -0.15) is 5.10 Å². The fourth-order valence-electron chi connectivity index (χ4n) is 3.16. The van der Waals surface area contributed by atoms with Crippen molar-refractivity contribution in [1.82, 2.24) is 14.8 Å². The normalized spacial score (nSPS) is 11.4. The highest BCUT2D eigenvalue weighted by Crippen LogP contribution is 2.27. The van der Waals surface area contributed by atoms with Crippen LogP contribution < -0.4 is 5.14 Å². The fourth-order valence-corrected chi connectivity index (χ4v) is 4.40. The number of nitrogens with zero attached hydrogens (tertiary/aromatic N) is 3. The second-order valence-electron chi connectivity index (χ2n) is 6.92. The van der Waals surface area contributed by atoms with Crippen molar-refractivity contribution in [3.8, 4) is 16.4 Å². The maximum absolute atomic E-state index is 12.0. The summed E-state index contributed by atoms with van der Waals surface area (Å²) in [6, 6.07) is 16.2. The lowest BCUT2D eigenvalue weighted by molar-refractivity contribution is 0.0520. The molecule has 0 amide bonds. The molecule has 0 unspecified atom stereocenters. The summed E-state index contributed by atoms with van der Waals surface area (Å²) in [4.78, 5) is 16.4. The van der Waals surface area contributed by atoms with E-state index in [2.05, 4.69) is 4.98 Å². The van der Waals surface area contributed by atoms with E-state index < -0.39 is 16.0 Å². The first kappa shape index (κ1) is 21.9. The number of carbonyl (C=O) groups is 1. The number of aromatic nitrogens is 3. The molecular formula is C22H20N4O4S2. The lowest BCUT2D eigenvalue weighted by Gasteiger charge is -2.04. The Labute approximate surface area is 189 Å². The van der Waals surface area contributed by atoms with Gasteiger partial charge in [0.15, 0.2) is 5.69 Å². The second-order valence-corrected chi connectivity index (χ2v) is 9.31. The molecule has 2 N–H and O–H groups in total. The van der Waals surface area contributed by atoms with Gasteiger partial charge in [0.25, 0.3) is 0 Å². The quantitative estimate of drug-likeness (QED) is 0.415. The topological polar surface area (TPSA) is 117 Å². The predicted molar refractivity (Wildman–Crippen MR) is 121 cm³/mol. The number of hydrogen-bond donors (Lipinski definition) is 1. The van der Waals surface area contributed by atoms with E-state index in [9.17, 15) is 13.2 Å². The SMILES string of the molecule is CCOC(=O)c1csc(-n2cc(Cc3ccc(S(N)(=O)=O)cc3)c(-c3ccccc3)n2)n1. The number of rotatable bonds is 7. The molecule has 0 aliphatic heterocycles. The van der Waals surface area contributed by atoms with E-state index >= 15 is 0 Å². The summed E-state index contributed by atoms with van der Waals surface area (Å²) < 4.78 is 29.7. The number of benzene rings is 2. The zero-order valence-corrected chi connectivity index (χ0v) is 18.8. The molecule has 4 rings (SSSR count). The molecule has 8 nitrogen and oxygen atoms in total. The molecule has 0 aliphatic rings. The van der Waals surface area contributed by atoms with Crippen molar-refractivity contribution in [1.29, 1.82) is 0 Å². The minimum Gasteiger partial charge on any atom is -0.461 e. The Morgan fingerprint density at radius 2 is 1.84 bits per heavy atom. The number of nitrogens with two attached hydrogens (primary N) is 1. The molecule has 2 aromatic carbocycles. The van der Waals surface area contributed by atoms with Gasteiger partial charge in [-0.3, -0.25) is 0 Å². The molecule has 0 bridgehead atoms. The number of carbonyl (C=O) groups excluding carboxylic acids is 1. The number of hydrogen-bond acceptors (Lipinski definition) is 7. The summed E-state index contributed by atoms with van der Waals surface area (Å²) in [7, 11) is -3.75. The van der Waals surface area contributed by atoms with Crippen LogP contribution in [0.4, 0.5) is 0 Å². The van der Waals surface area contributed by atoms with Crippen molar-refractivity contribution in [2.75, 3.05) is 6.61 Å². The number of thiazole rings is 1. The molecule has 0 atom stereocenters. The molecule has 0 fully saturated rings. The molecular weight excluding hydrogens is 448 g/mol. The summed E-state index contributed by atoms with van der Waals surface area (Å²) in [5.41, 5.74) is 3.77. The van der Waals surface area contributed by atoms with Crippen molar-refractivity contribution >= 4 is 27.3 Å². The number of esters is 1. The summed E-state index contributed by atoms with van der Waals surface area (Å²) >= 11 is 1.29. The number of ether oxygens (including phenoxy) is 1. The average Bonchev–Trinajstić information content (AvgIpc) is 3.42. The van der Waals surface area contributed by atoms with Gasteiger partial charge in [-0.05, 0) is 24.6 Å². The Morgan fingerprint density at radius 3 is 2.50 bits per heavy atom. The maximum atomic E-state index is 12.0. The van der Waals surface area contributed by atoms with Gasteiger partial charge in [-0.15, -0.1) is 11.3 Å². The Balaban J connectivity index is 1.70. The third-order valence-electron chi connectivity index (χ3n) is 4.66. The summed E-state index contributed by atoms with van der Waals surface area (Å²) in [6.07, 6.45) is 2.38. The molecule has 0 saturated carbocycles. The highest BCUT2D eigenvalue weighted by molar-refractivity contribution is 7.89. The summed E-state index contributed by atoms with van der Waals surface area (Å²) in [5, 5.41) is 12.1. The van der Waals surface area contributed by atoms with Crippen molar-refractivity contribution in [2.24, 2.45) is 5.14 Å². The van der Waals surface area contributed by atoms with E-state index in [0.29, 0.717) is 11.6 Å². The van der Waals surface area contributed by atoms with Crippen LogP contribution in [-0.2, 0) is 21.2 Å². The zero-order valence-electron chi connectivity index (χ0n) is 17.1. The molecule has 2 aromatic heterocycles. The molecule has 164 valence electrons. The second kappa shape index (κ2) is 9.03. The molecule has 2 heterocycles. The van der Waals surface area contributed by atoms with Crippen LogP contribution in [-0.4, -0.2) is 35.8 Å². The van der Waals surface area contributed by atoms with Crippen LogP contribution in [0.5, 0.6) is 0 Å². The van der Waals surface area contributed by atoms with Crippen LogP contribution in [0.1, 0.15) is 28.5 Å². The van der Waals surface area contributed by atoms with Gasteiger partial charge in [0.2, 0.25) is 15.2 Å². The molecule has 0 radical (unpaired) electrons. The Morgan fingerprint density at radius 1 is 1.12 bits per heavy atom. The van der Waals surface area contributed by atoms with Crippen molar-refractivity contribution in [3.05, 3.63) is 83.0 Å². The van der Waals surface area contributed by atoms with Crippen molar-refractivity contribution < 1.29 is 17.9 Å². The van der Waals surface area contributed by atoms with Crippen LogP contribution in [0.25, 0.3) is 16.4 Å². The van der Waals surface area contributed by atoms with Gasteiger partial charge in [0.05, 0.1) is 17.2 Å². The average molecular weight is 469 g/mol. The van der Waals surface area contributed by atoms with E-state index in [-0.39, 0.29) is 17.2 Å². The van der Waals surface area contributed by atoms with Gasteiger partial charge in [-0.1, -0.05) is 42.5 Å². The highest BCUT2D eigenvalue weighted by Gasteiger charge is 2.17. The first-order chi connectivity index (χ1) is 15.3. The van der Waals surface area contributed by atoms with E-state index in [1.165, 1.54) is 23.5 Å². The standard InChI is InChI=1S/C22H20N4O4S2/c1-2-30-21(27)19-14-31-22(24-19)26-13-17(20(25-26)16-6-4-3-5-7-16)12-15-8-10-18(11-9-15)32(23,28)29/h3-11,13-14H,2,12H2,1H3,(H2,23,28,29). The minimum absolute atomic E-state index is 0.0644. The fraction of sp³-hybridized carbons (Fsp3) is 0.136. The Kier molecular flexibility index (Phi) is 6.17. The molecule has 0 saturated heterocycles. The van der Waals surface area contributed by atoms with Gasteiger partial charge >= 0.3 is 5.97 Å². The Bertz CT molecular complexity index is 1340. The van der Waals surface area contributed by atoms with Gasteiger partial charge in [-0.25, -0.2) is 28.0 Å². The third-order valence-corrected chi connectivity index (χ3v) is 6.42. The van der Waals surface area contributed by atoms with E-state index in [0.717, 1.165) is 22.4 Å². The van der Waals surface area contributed by atoms with Crippen LogP contribution in [0.3, 0.4) is 0 Å². The van der Waals surface area contributed by atoms with Gasteiger partial charge < -0.3 is 4.74 Å². The minimum atomic E-state index is -3.75. The van der Waals surface area contributed by atoms with E-state index in [1.54, 1.807) is 29.1 Å². The highest BCUT2D eigenvalue weighted by atomic mass is 32.2.